The van der Waals surface area contributed by atoms with Crippen LogP contribution in [0.3, 0.4) is 0 Å². The number of piperidine rings is 1. The monoisotopic (exact) mass is 341 g/mol. The highest BCUT2D eigenvalue weighted by Gasteiger charge is 2.24. The number of carboxylic acids is 1. The lowest BCUT2D eigenvalue weighted by molar-refractivity contribution is -0.138. The Morgan fingerprint density at radius 3 is 2.95 bits per heavy atom. The number of benzene rings is 1. The summed E-state index contributed by atoms with van der Waals surface area (Å²) in [5.74, 6) is 0.104. The van der Waals surface area contributed by atoms with Crippen molar-refractivity contribution in [2.45, 2.75) is 38.3 Å². The van der Waals surface area contributed by atoms with E-state index in [-0.39, 0.29) is 12.5 Å². The third-order valence-electron chi connectivity index (χ3n) is 3.76. The predicted molar refractivity (Wildman–Crippen MR) is 81.0 cm³/mol. The average Bonchev–Trinajstić information content (AvgIpc) is 2.41. The van der Waals surface area contributed by atoms with Crippen LogP contribution in [-0.4, -0.2) is 35.7 Å². The van der Waals surface area contributed by atoms with Gasteiger partial charge in [0.1, 0.15) is 5.75 Å². The number of halogens is 1. The molecule has 0 radical (unpaired) electrons. The summed E-state index contributed by atoms with van der Waals surface area (Å²) in [7, 11) is 1.65. The first-order valence-electron chi connectivity index (χ1n) is 6.88. The number of likely N-dealkylation sites (tertiary alicyclic amines) is 1. The fourth-order valence-corrected chi connectivity index (χ4v) is 3.33. The highest BCUT2D eigenvalue weighted by molar-refractivity contribution is 9.10. The summed E-state index contributed by atoms with van der Waals surface area (Å²) in [4.78, 5) is 13.2. The minimum absolute atomic E-state index is 0.155. The quantitative estimate of drug-likeness (QED) is 0.892. The number of ether oxygens (including phenoxy) is 1. The summed E-state index contributed by atoms with van der Waals surface area (Å²) >= 11 is 3.49. The third kappa shape index (κ3) is 3.96. The molecule has 20 heavy (non-hydrogen) atoms. The number of hydrogen-bond acceptors (Lipinski definition) is 3. The zero-order valence-corrected chi connectivity index (χ0v) is 13.2. The van der Waals surface area contributed by atoms with E-state index in [2.05, 4.69) is 20.8 Å². The number of rotatable bonds is 5. The molecule has 1 aliphatic heterocycles. The summed E-state index contributed by atoms with van der Waals surface area (Å²) in [6, 6.07) is 6.18. The van der Waals surface area contributed by atoms with Crippen LogP contribution in [0.1, 0.15) is 31.2 Å². The molecule has 1 aliphatic rings. The smallest absolute Gasteiger partial charge is 0.304 e. The first-order valence-corrected chi connectivity index (χ1v) is 7.67. The second-order valence-corrected chi connectivity index (χ2v) is 6.04. The van der Waals surface area contributed by atoms with E-state index >= 15 is 0 Å². The Morgan fingerprint density at radius 2 is 2.30 bits per heavy atom. The van der Waals surface area contributed by atoms with Crippen molar-refractivity contribution >= 4 is 21.9 Å². The van der Waals surface area contributed by atoms with Crippen molar-refractivity contribution in [1.29, 1.82) is 0 Å². The largest absolute Gasteiger partial charge is 0.496 e. The fourth-order valence-electron chi connectivity index (χ4n) is 2.74. The summed E-state index contributed by atoms with van der Waals surface area (Å²) in [5.41, 5.74) is 1.18. The van der Waals surface area contributed by atoms with Crippen LogP contribution in [0.5, 0.6) is 5.75 Å². The molecule has 0 bridgehead atoms. The normalized spacial score (nSPS) is 19.8. The van der Waals surface area contributed by atoms with Crippen LogP contribution >= 0.6 is 15.9 Å². The zero-order chi connectivity index (χ0) is 14.5. The molecule has 1 aromatic carbocycles. The Balaban J connectivity index is 2.06. The molecule has 0 aliphatic carbocycles. The standard InChI is InChI=1S/C15H20BrNO3/c1-20-14-6-5-11(8-13(14)16)10-17-7-3-2-4-12(17)9-15(18)19/h5-6,8,12H,2-4,7,9-10H2,1H3,(H,18,19). The van der Waals surface area contributed by atoms with Crippen molar-refractivity contribution < 1.29 is 14.6 Å². The van der Waals surface area contributed by atoms with Crippen molar-refractivity contribution in [1.82, 2.24) is 4.90 Å². The van der Waals surface area contributed by atoms with Gasteiger partial charge in [-0.2, -0.15) is 0 Å². The average molecular weight is 342 g/mol. The molecule has 0 saturated carbocycles. The van der Waals surface area contributed by atoms with Gasteiger partial charge in [-0.1, -0.05) is 12.5 Å². The Morgan fingerprint density at radius 1 is 1.50 bits per heavy atom. The molecule has 1 aromatic rings. The zero-order valence-electron chi connectivity index (χ0n) is 11.6. The lowest BCUT2D eigenvalue weighted by Gasteiger charge is -2.35. The first-order chi connectivity index (χ1) is 9.60. The SMILES string of the molecule is COc1ccc(CN2CCCCC2CC(=O)O)cc1Br. The fraction of sp³-hybridized carbons (Fsp3) is 0.533. The molecule has 1 saturated heterocycles. The molecule has 1 fully saturated rings. The molecular weight excluding hydrogens is 322 g/mol. The minimum Gasteiger partial charge on any atom is -0.496 e. The number of nitrogens with zero attached hydrogens (tertiary/aromatic N) is 1. The van der Waals surface area contributed by atoms with Gasteiger partial charge >= 0.3 is 5.97 Å². The van der Waals surface area contributed by atoms with E-state index in [1.54, 1.807) is 7.11 Å². The summed E-state index contributed by atoms with van der Waals surface area (Å²) in [6.45, 7) is 1.77. The molecule has 1 N–H and O–H groups in total. The summed E-state index contributed by atoms with van der Waals surface area (Å²) in [6.07, 6.45) is 3.48. The van der Waals surface area contributed by atoms with Crippen molar-refractivity contribution in [3.05, 3.63) is 28.2 Å². The predicted octanol–water partition coefficient (Wildman–Crippen LogP) is 3.29. The van der Waals surface area contributed by atoms with Crippen LogP contribution < -0.4 is 4.74 Å². The number of carbonyl (C=O) groups is 1. The van der Waals surface area contributed by atoms with Crippen LogP contribution in [0.25, 0.3) is 0 Å². The number of aliphatic carboxylic acids is 1. The second-order valence-electron chi connectivity index (χ2n) is 5.19. The first kappa shape index (κ1) is 15.3. The summed E-state index contributed by atoms with van der Waals surface area (Å²) < 4.78 is 6.16. The molecule has 1 atom stereocenters. The van der Waals surface area contributed by atoms with Gasteiger partial charge in [0.05, 0.1) is 18.0 Å². The van der Waals surface area contributed by atoms with Crippen molar-refractivity contribution in [2.24, 2.45) is 0 Å². The van der Waals surface area contributed by atoms with Crippen LogP contribution in [0, 0.1) is 0 Å². The van der Waals surface area contributed by atoms with Gasteiger partial charge in [-0.25, -0.2) is 0 Å². The molecule has 1 heterocycles. The summed E-state index contributed by atoms with van der Waals surface area (Å²) in [5, 5.41) is 9.01. The molecule has 2 rings (SSSR count). The maximum atomic E-state index is 11.0. The maximum Gasteiger partial charge on any atom is 0.304 e. The lowest BCUT2D eigenvalue weighted by Crippen LogP contribution is -2.40. The van der Waals surface area contributed by atoms with E-state index in [1.165, 1.54) is 5.56 Å². The maximum absolute atomic E-state index is 11.0. The Labute approximate surface area is 127 Å². The highest BCUT2D eigenvalue weighted by atomic mass is 79.9. The van der Waals surface area contributed by atoms with E-state index in [4.69, 9.17) is 9.84 Å². The van der Waals surface area contributed by atoms with Crippen LogP contribution in [0.15, 0.2) is 22.7 Å². The molecule has 5 heteroatoms. The van der Waals surface area contributed by atoms with Crippen molar-refractivity contribution in [3.63, 3.8) is 0 Å². The van der Waals surface area contributed by atoms with Gasteiger partial charge in [-0.05, 0) is 53.0 Å². The van der Waals surface area contributed by atoms with Crippen molar-refractivity contribution in [2.75, 3.05) is 13.7 Å². The van der Waals surface area contributed by atoms with Crippen LogP contribution in [0.2, 0.25) is 0 Å². The second kappa shape index (κ2) is 7.09. The Hall–Kier alpha value is -1.07. The van der Waals surface area contributed by atoms with E-state index in [9.17, 15) is 4.79 Å². The van der Waals surface area contributed by atoms with Gasteiger partial charge in [0.15, 0.2) is 0 Å². The Bertz CT molecular complexity index is 478. The number of carboxylic acid groups (broad SMARTS) is 1. The molecule has 0 spiro atoms. The molecular formula is C15H20BrNO3. The van der Waals surface area contributed by atoms with Gasteiger partial charge in [-0.3, -0.25) is 9.69 Å². The molecule has 1 unspecified atom stereocenters. The number of hydrogen-bond donors (Lipinski definition) is 1. The minimum atomic E-state index is -0.710. The number of methoxy groups -OCH3 is 1. The topological polar surface area (TPSA) is 49.8 Å². The van der Waals surface area contributed by atoms with Gasteiger partial charge < -0.3 is 9.84 Å². The van der Waals surface area contributed by atoms with E-state index in [0.717, 1.165) is 42.6 Å². The highest BCUT2D eigenvalue weighted by Crippen LogP contribution is 2.28. The molecule has 4 nitrogen and oxygen atoms in total. The van der Waals surface area contributed by atoms with E-state index in [0.29, 0.717) is 0 Å². The molecule has 0 aromatic heterocycles. The van der Waals surface area contributed by atoms with E-state index in [1.807, 2.05) is 18.2 Å². The Kier molecular flexibility index (Phi) is 5.43. The van der Waals surface area contributed by atoms with Crippen molar-refractivity contribution in [3.8, 4) is 5.75 Å². The van der Waals surface area contributed by atoms with Gasteiger partial charge in [0, 0.05) is 12.6 Å². The molecule has 110 valence electrons. The van der Waals surface area contributed by atoms with Gasteiger partial charge in [-0.15, -0.1) is 0 Å². The van der Waals surface area contributed by atoms with E-state index < -0.39 is 5.97 Å². The molecule has 0 amide bonds. The van der Waals surface area contributed by atoms with Crippen LogP contribution in [-0.2, 0) is 11.3 Å². The third-order valence-corrected chi connectivity index (χ3v) is 4.38. The lowest BCUT2D eigenvalue weighted by atomic mass is 9.98. The van der Waals surface area contributed by atoms with Gasteiger partial charge in [0.2, 0.25) is 0 Å². The van der Waals surface area contributed by atoms with Crippen LogP contribution in [0.4, 0.5) is 0 Å². The van der Waals surface area contributed by atoms with Gasteiger partial charge in [0.25, 0.3) is 0 Å².